The Morgan fingerprint density at radius 3 is 1.71 bits per heavy atom. The van der Waals surface area contributed by atoms with E-state index in [9.17, 15) is 12.7 Å². The van der Waals surface area contributed by atoms with Crippen LogP contribution in [0.15, 0.2) is 0 Å². The quantitative estimate of drug-likeness (QED) is 0.451. The van der Waals surface area contributed by atoms with Gasteiger partial charge in [-0.1, -0.05) is 34.8 Å². The van der Waals surface area contributed by atoms with Gasteiger partial charge in [0.05, 0.1) is 29.8 Å². The lowest BCUT2D eigenvalue weighted by molar-refractivity contribution is 0.0695. The number of hydrogen-bond acceptors (Lipinski definition) is 3. The first kappa shape index (κ1) is 14.6. The van der Waals surface area contributed by atoms with Gasteiger partial charge in [0.2, 0.25) is 0 Å². The zero-order chi connectivity index (χ0) is 13.3. The van der Waals surface area contributed by atoms with Crippen molar-refractivity contribution in [1.29, 1.82) is 0 Å². The second kappa shape index (κ2) is 5.47. The van der Waals surface area contributed by atoms with Gasteiger partial charge in [-0.3, -0.25) is 3.07 Å². The van der Waals surface area contributed by atoms with E-state index < -0.39 is 54.3 Å². The van der Waals surface area contributed by atoms with Crippen LogP contribution in [0.25, 0.3) is 0 Å². The molecule has 1 aromatic rings. The highest BCUT2D eigenvalue weighted by molar-refractivity contribution is 14.1. The fourth-order valence-electron chi connectivity index (χ4n) is 1.08. The Labute approximate surface area is 120 Å². The molecule has 1 rings (SSSR count). The summed E-state index contributed by atoms with van der Waals surface area (Å²) in [5.74, 6) is -3.03. The van der Waals surface area contributed by atoms with Crippen molar-refractivity contribution in [3.63, 3.8) is 0 Å². The summed E-state index contributed by atoms with van der Waals surface area (Å²) in [6.07, 6.45) is 0. The molecule has 0 saturated heterocycles. The van der Waals surface area contributed by atoms with E-state index in [1.54, 1.807) is 0 Å². The van der Waals surface area contributed by atoms with Crippen molar-refractivity contribution in [1.82, 2.24) is 0 Å². The molecule has 0 saturated carbocycles. The van der Waals surface area contributed by atoms with E-state index in [1.165, 1.54) is 0 Å². The van der Waals surface area contributed by atoms with E-state index in [0.717, 1.165) is 0 Å². The fourth-order valence-corrected chi connectivity index (χ4v) is 3.64. The van der Waals surface area contributed by atoms with Crippen molar-refractivity contribution in [2.75, 3.05) is 0 Å². The summed E-state index contributed by atoms with van der Waals surface area (Å²) in [5, 5.41) is 16.4. The molecule has 0 fully saturated rings. The maximum absolute atomic E-state index is 11.0. The van der Waals surface area contributed by atoms with Gasteiger partial charge < -0.3 is 10.2 Å². The highest BCUT2D eigenvalue weighted by Crippen LogP contribution is 2.40. The van der Waals surface area contributed by atoms with E-state index in [0.29, 0.717) is 0 Å². The second-order valence-corrected chi connectivity index (χ2v) is 5.35. The molecular weight excluding hydrogens is 409 g/mol. The smallest absolute Gasteiger partial charge is 0.338 e. The maximum Gasteiger partial charge on any atom is 0.338 e. The average molecular weight is 411 g/mol. The van der Waals surface area contributed by atoms with E-state index in [-0.39, 0.29) is 8.59 Å². The highest BCUT2D eigenvalue weighted by atomic mass is 127. The molecule has 0 amide bonds. The molecule has 5 nitrogen and oxygen atoms in total. The number of carboxylic acids is 2. The minimum absolute atomic E-state index is 0.224. The Bertz CT molecular complexity index is 543. The largest absolute Gasteiger partial charge is 0.478 e. The van der Waals surface area contributed by atoms with Crippen LogP contribution in [0.2, 0.25) is 15.1 Å². The number of rotatable bonds is 3. The predicted molar refractivity (Wildman–Crippen MR) is 68.8 cm³/mol. The van der Waals surface area contributed by atoms with Crippen LogP contribution < -0.4 is 0 Å². The Morgan fingerprint density at radius 2 is 1.35 bits per heavy atom. The van der Waals surface area contributed by atoms with Crippen molar-refractivity contribution < 1.29 is 22.9 Å². The molecule has 0 aromatic heterocycles. The number of hydrogen-bond donors (Lipinski definition) is 2. The first-order valence-corrected chi connectivity index (χ1v) is 6.86. The Hall–Kier alpha value is -0.440. The van der Waals surface area contributed by atoms with Gasteiger partial charge in [0.1, 0.15) is 0 Å². The van der Waals surface area contributed by atoms with Crippen molar-refractivity contribution in [2.45, 2.75) is 0 Å². The summed E-state index contributed by atoms with van der Waals surface area (Å²) in [7, 11) is 0. The lowest BCUT2D eigenvalue weighted by atomic mass is 10.1. The van der Waals surface area contributed by atoms with Gasteiger partial charge in [-0.2, -0.15) is 0 Å². The zero-order valence-corrected chi connectivity index (χ0v) is 12.1. The lowest BCUT2D eigenvalue weighted by Crippen LogP contribution is -2.09. The number of benzene rings is 1. The molecule has 0 bridgehead atoms. The van der Waals surface area contributed by atoms with Crippen molar-refractivity contribution in [3.8, 4) is 0 Å². The molecule has 1 aromatic carbocycles. The number of carboxylic acid groups (broad SMARTS) is 2. The fraction of sp³-hybridized carbons (Fsp3) is 0. The minimum atomic E-state index is -1.96. The summed E-state index contributed by atoms with van der Waals surface area (Å²) >= 11 is 15.0. The highest BCUT2D eigenvalue weighted by Gasteiger charge is 2.28. The van der Waals surface area contributed by atoms with Crippen LogP contribution in [-0.2, 0) is 3.07 Å². The van der Waals surface area contributed by atoms with Gasteiger partial charge >= 0.3 is 11.9 Å². The number of halogens is 4. The number of carbonyl (C=O) groups is 2. The summed E-state index contributed by atoms with van der Waals surface area (Å²) in [6.45, 7) is 0. The van der Waals surface area contributed by atoms with Gasteiger partial charge in [-0.15, -0.1) is 0 Å². The predicted octanol–water partition coefficient (Wildman–Crippen LogP) is 3.53. The standard InChI is InChI=1S/C8H2Cl3IO5/c9-3-1(7(13)14)4(10)5(11)6(12-17)2(3)8(15)16/h(H,13,14)(H,15,16). The normalized spacial score (nSPS) is 10.3. The first-order valence-electron chi connectivity index (χ1n) is 3.77. The van der Waals surface area contributed by atoms with Crippen molar-refractivity contribution >= 4 is 67.9 Å². The first-order chi connectivity index (χ1) is 7.82. The summed E-state index contributed by atoms with van der Waals surface area (Å²) in [5.41, 5.74) is -1.20. The topological polar surface area (TPSA) is 91.7 Å². The van der Waals surface area contributed by atoms with Gasteiger partial charge in [0.25, 0.3) is 0 Å². The molecule has 0 atom stereocenters. The van der Waals surface area contributed by atoms with Crippen LogP contribution in [0.4, 0.5) is 0 Å². The third-order valence-corrected chi connectivity index (χ3v) is 4.84. The van der Waals surface area contributed by atoms with Crippen LogP contribution in [0.5, 0.6) is 0 Å². The van der Waals surface area contributed by atoms with E-state index >= 15 is 0 Å². The molecular formula is C8H2Cl3IO5. The molecule has 2 N–H and O–H groups in total. The van der Waals surface area contributed by atoms with Gasteiger partial charge in [-0.25, -0.2) is 9.59 Å². The van der Waals surface area contributed by atoms with Crippen LogP contribution in [0.1, 0.15) is 20.7 Å². The molecule has 0 spiro atoms. The van der Waals surface area contributed by atoms with Gasteiger partial charge in [-0.05, 0) is 0 Å². The molecule has 0 heterocycles. The molecule has 9 heteroatoms. The van der Waals surface area contributed by atoms with Gasteiger partial charge in [0.15, 0.2) is 21.2 Å². The van der Waals surface area contributed by atoms with Crippen LogP contribution in [0.3, 0.4) is 0 Å². The van der Waals surface area contributed by atoms with Crippen LogP contribution in [-0.4, -0.2) is 22.2 Å². The maximum atomic E-state index is 11.0. The van der Waals surface area contributed by atoms with E-state index in [2.05, 4.69) is 0 Å². The van der Waals surface area contributed by atoms with Crippen LogP contribution in [0, 0.1) is 3.57 Å². The monoisotopic (exact) mass is 410 g/mol. The molecule has 0 unspecified atom stereocenters. The third kappa shape index (κ3) is 2.54. The third-order valence-electron chi connectivity index (χ3n) is 1.77. The van der Waals surface area contributed by atoms with E-state index in [4.69, 9.17) is 45.0 Å². The average Bonchev–Trinajstić information content (AvgIpc) is 2.21. The molecule has 0 aliphatic heterocycles. The van der Waals surface area contributed by atoms with Crippen molar-refractivity contribution in [3.05, 3.63) is 29.8 Å². The molecule has 0 aliphatic carbocycles. The molecule has 92 valence electrons. The minimum Gasteiger partial charge on any atom is -0.478 e. The zero-order valence-electron chi connectivity index (χ0n) is 7.63. The Balaban J connectivity index is 3.88. The van der Waals surface area contributed by atoms with Crippen molar-refractivity contribution in [2.24, 2.45) is 0 Å². The SMILES string of the molecule is O=Ic1c(Cl)c(Cl)c(C(=O)O)c(Cl)c1C(=O)O. The Kier molecular flexibility index (Phi) is 4.70. The summed E-state index contributed by atoms with van der Waals surface area (Å²) < 4.78 is 10.7. The summed E-state index contributed by atoms with van der Waals surface area (Å²) in [6, 6.07) is 0. The second-order valence-electron chi connectivity index (χ2n) is 2.69. The Morgan fingerprint density at radius 1 is 0.882 bits per heavy atom. The van der Waals surface area contributed by atoms with Gasteiger partial charge in [0, 0.05) is 0 Å². The summed E-state index contributed by atoms with van der Waals surface area (Å²) in [4.78, 5) is 21.8. The molecule has 0 aliphatic rings. The molecule has 17 heavy (non-hydrogen) atoms. The molecule has 0 radical (unpaired) electrons. The van der Waals surface area contributed by atoms with Crippen LogP contribution >= 0.6 is 56.0 Å². The number of aromatic carboxylic acids is 2. The lowest BCUT2D eigenvalue weighted by Gasteiger charge is -2.10. The van der Waals surface area contributed by atoms with E-state index in [1.807, 2.05) is 0 Å².